The Labute approximate surface area is 121 Å². The molecule has 7 heteroatoms. The summed E-state index contributed by atoms with van der Waals surface area (Å²) >= 11 is 0. The number of carboxylic acids is 1. The molecule has 2 atom stereocenters. The van der Waals surface area contributed by atoms with Gasteiger partial charge in [-0.2, -0.15) is 0 Å². The van der Waals surface area contributed by atoms with Crippen molar-refractivity contribution in [2.24, 2.45) is 5.92 Å². The number of phenolic OH excluding ortho intramolecular Hbond substituents is 1. The number of carboxylic acid groups (broad SMARTS) is 1. The van der Waals surface area contributed by atoms with Gasteiger partial charge in [0.05, 0.1) is 25.7 Å². The third-order valence-electron chi connectivity index (χ3n) is 3.60. The molecule has 1 saturated heterocycles. The summed E-state index contributed by atoms with van der Waals surface area (Å²) < 4.78 is 9.71. The zero-order valence-corrected chi connectivity index (χ0v) is 11.8. The Morgan fingerprint density at radius 3 is 2.57 bits per heavy atom. The van der Waals surface area contributed by atoms with Crippen LogP contribution in [-0.2, 0) is 9.53 Å². The minimum atomic E-state index is -0.888. The van der Waals surface area contributed by atoms with Gasteiger partial charge in [0.15, 0.2) is 11.5 Å². The lowest BCUT2D eigenvalue weighted by Gasteiger charge is -2.16. The molecule has 114 valence electrons. The lowest BCUT2D eigenvalue weighted by molar-refractivity contribution is -0.141. The van der Waals surface area contributed by atoms with E-state index in [9.17, 15) is 14.7 Å². The van der Waals surface area contributed by atoms with Crippen molar-refractivity contribution in [2.45, 2.75) is 12.5 Å². The molecule has 1 aromatic rings. The summed E-state index contributed by atoms with van der Waals surface area (Å²) in [6.45, 7) is 0.310. The van der Waals surface area contributed by atoms with Gasteiger partial charge < -0.3 is 25.0 Å². The highest BCUT2D eigenvalue weighted by atomic mass is 16.5. The van der Waals surface area contributed by atoms with Gasteiger partial charge in [0, 0.05) is 18.2 Å². The van der Waals surface area contributed by atoms with Crippen molar-refractivity contribution in [3.8, 4) is 11.5 Å². The van der Waals surface area contributed by atoms with E-state index >= 15 is 0 Å². The number of methoxy groups -OCH3 is 2. The van der Waals surface area contributed by atoms with Gasteiger partial charge in [-0.15, -0.1) is 0 Å². The number of phenols is 1. The van der Waals surface area contributed by atoms with Gasteiger partial charge in [-0.05, 0) is 18.6 Å². The molecule has 3 N–H and O–H groups in total. The lowest BCUT2D eigenvalue weighted by atomic mass is 9.97. The van der Waals surface area contributed by atoms with E-state index in [0.717, 1.165) is 0 Å². The summed E-state index contributed by atoms with van der Waals surface area (Å²) in [5.41, 5.74) is 0.668. The molecule has 0 amide bonds. The first-order chi connectivity index (χ1) is 9.97. The molecule has 0 radical (unpaired) electrons. The van der Waals surface area contributed by atoms with Crippen molar-refractivity contribution in [2.75, 3.05) is 20.8 Å². The van der Waals surface area contributed by atoms with E-state index in [-0.39, 0.29) is 23.1 Å². The average Bonchev–Trinajstić information content (AvgIpc) is 2.96. The van der Waals surface area contributed by atoms with Crippen LogP contribution in [0.15, 0.2) is 12.1 Å². The predicted octanol–water partition coefficient (Wildman–Crippen LogP) is 0.923. The van der Waals surface area contributed by atoms with Crippen molar-refractivity contribution >= 4 is 11.9 Å². The smallest absolute Gasteiger partial charge is 0.337 e. The summed E-state index contributed by atoms with van der Waals surface area (Å²) in [5, 5.41) is 22.2. The van der Waals surface area contributed by atoms with E-state index in [1.165, 1.54) is 26.4 Å². The number of aromatic hydroxyl groups is 1. The van der Waals surface area contributed by atoms with Crippen LogP contribution in [0.3, 0.4) is 0 Å². The van der Waals surface area contributed by atoms with Crippen LogP contribution in [0.2, 0.25) is 0 Å². The molecule has 1 aromatic carbocycles. The van der Waals surface area contributed by atoms with Crippen LogP contribution in [0.5, 0.6) is 11.5 Å². The Bertz CT molecular complexity index is 571. The number of ether oxygens (including phenoxy) is 2. The number of hydrogen-bond acceptors (Lipinski definition) is 6. The third kappa shape index (κ3) is 2.92. The molecule has 0 bridgehead atoms. The second kappa shape index (κ2) is 6.01. The van der Waals surface area contributed by atoms with Crippen molar-refractivity contribution < 1.29 is 29.3 Å². The molecule has 2 unspecified atom stereocenters. The maximum absolute atomic E-state index is 11.7. The molecule has 0 aromatic heterocycles. The van der Waals surface area contributed by atoms with Gasteiger partial charge in [-0.3, -0.25) is 4.79 Å². The fourth-order valence-electron chi connectivity index (χ4n) is 2.45. The second-order valence-electron chi connectivity index (χ2n) is 4.84. The van der Waals surface area contributed by atoms with Crippen LogP contribution in [-0.4, -0.2) is 42.9 Å². The zero-order valence-electron chi connectivity index (χ0n) is 11.8. The fourth-order valence-corrected chi connectivity index (χ4v) is 2.45. The number of esters is 1. The van der Waals surface area contributed by atoms with Gasteiger partial charge in [0.1, 0.15) is 0 Å². The van der Waals surface area contributed by atoms with Crippen LogP contribution in [0.4, 0.5) is 0 Å². The highest BCUT2D eigenvalue weighted by Crippen LogP contribution is 2.39. The first-order valence-electron chi connectivity index (χ1n) is 6.43. The monoisotopic (exact) mass is 295 g/mol. The summed E-state index contributed by atoms with van der Waals surface area (Å²) in [6, 6.07) is 2.52. The molecule has 1 aliphatic rings. The molecule has 2 rings (SSSR count). The van der Waals surface area contributed by atoms with Crippen LogP contribution < -0.4 is 10.1 Å². The van der Waals surface area contributed by atoms with Gasteiger partial charge in [0.2, 0.25) is 0 Å². The highest BCUT2D eigenvalue weighted by molar-refractivity contribution is 5.90. The maximum atomic E-state index is 11.7. The number of hydrogen-bond donors (Lipinski definition) is 3. The summed E-state index contributed by atoms with van der Waals surface area (Å²) in [6.07, 6.45) is 0.330. The van der Waals surface area contributed by atoms with E-state index in [1.807, 2.05) is 0 Å². The molecule has 0 aliphatic carbocycles. The summed E-state index contributed by atoms with van der Waals surface area (Å²) in [4.78, 5) is 22.7. The number of nitrogens with one attached hydrogen (secondary N) is 1. The van der Waals surface area contributed by atoms with E-state index in [1.54, 1.807) is 0 Å². The largest absolute Gasteiger partial charge is 0.504 e. The number of carbonyl (C=O) groups excluding carboxylic acids is 1. The number of benzene rings is 1. The fraction of sp³-hybridized carbons (Fsp3) is 0.429. The minimum absolute atomic E-state index is 0.103. The quantitative estimate of drug-likeness (QED) is 0.709. The Hall–Kier alpha value is -2.28. The Kier molecular flexibility index (Phi) is 4.32. The van der Waals surface area contributed by atoms with Gasteiger partial charge in [0.25, 0.3) is 0 Å². The van der Waals surface area contributed by atoms with Crippen molar-refractivity contribution in [3.05, 3.63) is 23.3 Å². The van der Waals surface area contributed by atoms with Crippen LogP contribution in [0, 0.1) is 5.92 Å². The predicted molar refractivity (Wildman–Crippen MR) is 72.5 cm³/mol. The lowest BCUT2D eigenvalue weighted by Crippen LogP contribution is -2.17. The molecule has 0 saturated carbocycles. The Balaban J connectivity index is 2.38. The van der Waals surface area contributed by atoms with Crippen LogP contribution in [0.25, 0.3) is 0 Å². The molecule has 1 aliphatic heterocycles. The summed E-state index contributed by atoms with van der Waals surface area (Å²) in [5.74, 6) is -1.92. The molecule has 21 heavy (non-hydrogen) atoms. The molecule has 7 nitrogen and oxygen atoms in total. The number of carbonyl (C=O) groups is 2. The van der Waals surface area contributed by atoms with Crippen molar-refractivity contribution in [1.29, 1.82) is 0 Å². The minimum Gasteiger partial charge on any atom is -0.504 e. The second-order valence-corrected chi connectivity index (χ2v) is 4.84. The van der Waals surface area contributed by atoms with Gasteiger partial charge in [-0.1, -0.05) is 0 Å². The van der Waals surface area contributed by atoms with E-state index < -0.39 is 17.9 Å². The van der Waals surface area contributed by atoms with E-state index in [0.29, 0.717) is 18.5 Å². The standard InChI is InChI=1S/C14H17NO6/c1-20-11-5-7(14(19)21-2)3-9(12(11)16)10-4-8(6-15-10)13(17)18/h3,5,8,10,15-16H,4,6H2,1-2H3,(H,17,18). The van der Waals surface area contributed by atoms with Crippen molar-refractivity contribution in [3.63, 3.8) is 0 Å². The van der Waals surface area contributed by atoms with Crippen LogP contribution >= 0.6 is 0 Å². The Morgan fingerprint density at radius 1 is 1.33 bits per heavy atom. The first kappa shape index (κ1) is 15.1. The Morgan fingerprint density at radius 2 is 2.05 bits per heavy atom. The summed E-state index contributed by atoms with van der Waals surface area (Å²) in [7, 11) is 2.64. The highest BCUT2D eigenvalue weighted by Gasteiger charge is 2.32. The molecule has 0 spiro atoms. The molecular weight excluding hydrogens is 278 g/mol. The van der Waals surface area contributed by atoms with Gasteiger partial charge in [-0.25, -0.2) is 4.79 Å². The molecule has 1 heterocycles. The molecular formula is C14H17NO6. The first-order valence-corrected chi connectivity index (χ1v) is 6.43. The van der Waals surface area contributed by atoms with Crippen LogP contribution in [0.1, 0.15) is 28.4 Å². The van der Waals surface area contributed by atoms with E-state index in [2.05, 4.69) is 10.1 Å². The number of aliphatic carboxylic acids is 1. The number of rotatable bonds is 4. The van der Waals surface area contributed by atoms with E-state index in [4.69, 9.17) is 9.84 Å². The van der Waals surface area contributed by atoms with Crippen molar-refractivity contribution in [1.82, 2.24) is 5.32 Å². The zero-order chi connectivity index (χ0) is 15.6. The normalized spacial score (nSPS) is 21.0. The topological polar surface area (TPSA) is 105 Å². The molecule has 1 fully saturated rings. The SMILES string of the molecule is COC(=O)c1cc(OC)c(O)c(C2CC(C(=O)O)CN2)c1. The average molecular weight is 295 g/mol. The third-order valence-corrected chi connectivity index (χ3v) is 3.60. The maximum Gasteiger partial charge on any atom is 0.337 e. The van der Waals surface area contributed by atoms with Gasteiger partial charge >= 0.3 is 11.9 Å².